The molecule has 40 heavy (non-hydrogen) atoms. The molecule has 2 bridgehead atoms. The van der Waals surface area contributed by atoms with E-state index in [1.807, 2.05) is 6.92 Å². The summed E-state index contributed by atoms with van der Waals surface area (Å²) in [6.45, 7) is 12.3. The Hall–Kier alpha value is -2.00. The average Bonchev–Trinajstić information content (AvgIpc) is 3.21. The zero-order valence-corrected chi connectivity index (χ0v) is 24.2. The normalized spacial score (nSPS) is 39.5. The lowest BCUT2D eigenvalue weighted by Gasteiger charge is -2.60. The molecule has 0 N–H and O–H groups in total. The Morgan fingerprint density at radius 1 is 0.875 bits per heavy atom. The van der Waals surface area contributed by atoms with Gasteiger partial charge in [-0.2, -0.15) is 0 Å². The van der Waals surface area contributed by atoms with Gasteiger partial charge in [0.1, 0.15) is 0 Å². The van der Waals surface area contributed by atoms with Crippen LogP contribution < -0.4 is 4.90 Å². The molecule has 6 aliphatic rings. The molecule has 5 aliphatic heterocycles. The third-order valence-corrected chi connectivity index (χ3v) is 10.4. The molecule has 0 amide bonds. The number of ether oxygens (including phenoxy) is 3. The lowest BCUT2D eigenvalue weighted by Crippen LogP contribution is -2.70. The third kappa shape index (κ3) is 4.79. The fraction of sp³-hybridized carbons (Fsp3) is 0.636. The lowest BCUT2D eigenvalue weighted by molar-refractivity contribution is -0.577. The topological polar surface area (TPSA) is 52.6 Å². The van der Waals surface area contributed by atoms with Crippen molar-refractivity contribution in [1.29, 1.82) is 0 Å². The first-order chi connectivity index (χ1) is 19.4. The van der Waals surface area contributed by atoms with Gasteiger partial charge in [-0.25, -0.2) is 9.78 Å². The molecule has 0 unspecified atom stereocenters. The molecule has 2 aromatic carbocycles. The molecule has 6 fully saturated rings. The molecule has 7 nitrogen and oxygen atoms in total. The first-order valence-corrected chi connectivity index (χ1v) is 15.4. The van der Waals surface area contributed by atoms with E-state index in [0.717, 1.165) is 52.0 Å². The highest BCUT2D eigenvalue weighted by Gasteiger charge is 2.69. The highest BCUT2D eigenvalue weighted by Crippen LogP contribution is 2.60. The van der Waals surface area contributed by atoms with Gasteiger partial charge in [-0.1, -0.05) is 56.3 Å². The number of fused-ring (bicyclic) bond motifs is 2. The van der Waals surface area contributed by atoms with Gasteiger partial charge >= 0.3 is 0 Å². The molecule has 5 saturated heterocycles. The minimum Gasteiger partial charge on any atom is -0.369 e. The number of piperazine rings is 1. The van der Waals surface area contributed by atoms with Crippen LogP contribution in [-0.4, -0.2) is 55.0 Å². The van der Waals surface area contributed by atoms with Gasteiger partial charge in [0.05, 0.1) is 6.61 Å². The van der Waals surface area contributed by atoms with E-state index in [1.54, 1.807) is 0 Å². The third-order valence-electron chi connectivity index (χ3n) is 10.4. The molecule has 5 heterocycles. The van der Waals surface area contributed by atoms with Gasteiger partial charge in [0.15, 0.2) is 18.2 Å². The van der Waals surface area contributed by atoms with E-state index >= 15 is 0 Å². The van der Waals surface area contributed by atoms with E-state index in [-0.39, 0.29) is 18.1 Å². The Labute approximate surface area is 238 Å². The van der Waals surface area contributed by atoms with E-state index in [1.165, 1.54) is 23.2 Å². The summed E-state index contributed by atoms with van der Waals surface area (Å²) < 4.78 is 19.6. The van der Waals surface area contributed by atoms with Crippen molar-refractivity contribution in [3.63, 3.8) is 0 Å². The Bertz CT molecular complexity index is 1170. The summed E-state index contributed by atoms with van der Waals surface area (Å²) in [5.74, 6) is 0.633. The van der Waals surface area contributed by atoms with Gasteiger partial charge in [-0.15, -0.1) is 0 Å². The van der Waals surface area contributed by atoms with Crippen LogP contribution in [0.1, 0.15) is 57.6 Å². The number of para-hydroxylation sites is 1. The molecule has 0 aromatic heterocycles. The van der Waals surface area contributed by atoms with Crippen molar-refractivity contribution < 1.29 is 24.0 Å². The molecule has 216 valence electrons. The summed E-state index contributed by atoms with van der Waals surface area (Å²) in [7, 11) is 0. The Morgan fingerprint density at radius 3 is 2.50 bits per heavy atom. The van der Waals surface area contributed by atoms with Crippen LogP contribution in [0, 0.1) is 23.7 Å². The molecule has 8 atom stereocenters. The first kappa shape index (κ1) is 26.9. The summed E-state index contributed by atoms with van der Waals surface area (Å²) in [6, 6.07) is 19.6. The number of hydrogen-bond donors (Lipinski definition) is 0. The quantitative estimate of drug-likeness (QED) is 0.427. The van der Waals surface area contributed by atoms with Crippen molar-refractivity contribution in [2.75, 3.05) is 31.1 Å². The van der Waals surface area contributed by atoms with Gasteiger partial charge < -0.3 is 19.1 Å². The fourth-order valence-corrected chi connectivity index (χ4v) is 8.12. The minimum atomic E-state index is -0.760. The predicted molar refractivity (Wildman–Crippen MR) is 152 cm³/mol. The standard InChI is InChI=1S/C33H44N2O5/c1-23-12-13-29-24(2)30(37-31-33(29)28(23)14-15-32(3,38-31)39-40-33)36-22-26-9-7-8-25(20-26)21-34-16-18-35(19-17-34)27-10-5-4-6-11-27/h4-11,20,23-24,28-31H,12-19,21-22H2,1-3H3/t23-,24-,28+,29+,30+,31-,32+,33-/m1/s1. The Balaban J connectivity index is 0.988. The highest BCUT2D eigenvalue weighted by molar-refractivity contribution is 5.46. The maximum Gasteiger partial charge on any atom is 0.201 e. The summed E-state index contributed by atoms with van der Waals surface area (Å²) >= 11 is 0. The van der Waals surface area contributed by atoms with E-state index in [4.69, 9.17) is 24.0 Å². The number of benzene rings is 2. The van der Waals surface area contributed by atoms with Crippen LogP contribution >= 0.6 is 0 Å². The van der Waals surface area contributed by atoms with Crippen LogP contribution in [-0.2, 0) is 37.1 Å². The van der Waals surface area contributed by atoms with Crippen LogP contribution in [0.5, 0.6) is 0 Å². The van der Waals surface area contributed by atoms with Gasteiger partial charge in [0, 0.05) is 56.7 Å². The van der Waals surface area contributed by atoms with E-state index < -0.39 is 17.7 Å². The maximum atomic E-state index is 6.61. The second-order valence-electron chi connectivity index (χ2n) is 13.0. The van der Waals surface area contributed by atoms with Crippen molar-refractivity contribution >= 4 is 5.69 Å². The van der Waals surface area contributed by atoms with Crippen molar-refractivity contribution in [2.24, 2.45) is 23.7 Å². The second-order valence-corrected chi connectivity index (χ2v) is 13.0. The van der Waals surface area contributed by atoms with Crippen molar-refractivity contribution in [3.05, 3.63) is 65.7 Å². The monoisotopic (exact) mass is 548 g/mol. The minimum absolute atomic E-state index is 0.185. The van der Waals surface area contributed by atoms with E-state index in [0.29, 0.717) is 18.4 Å². The SMILES string of the molecule is C[C@H]1[C@@H](OCc2cccc(CN3CCN(c4ccccc4)CC3)c2)O[C@@H]2O[C@]3(C)CC[C@H]4[C@H](C)CC[C@@H]1[C@@]24OO3. The van der Waals surface area contributed by atoms with Crippen LogP contribution in [0.3, 0.4) is 0 Å². The molecule has 8 rings (SSSR count). The van der Waals surface area contributed by atoms with Gasteiger partial charge in [0.2, 0.25) is 5.79 Å². The first-order valence-electron chi connectivity index (χ1n) is 15.4. The summed E-state index contributed by atoms with van der Waals surface area (Å²) in [5.41, 5.74) is 3.29. The molecule has 0 radical (unpaired) electrons. The van der Waals surface area contributed by atoms with Crippen molar-refractivity contribution in [2.45, 2.75) is 83.6 Å². The van der Waals surface area contributed by atoms with E-state index in [9.17, 15) is 0 Å². The van der Waals surface area contributed by atoms with Crippen LogP contribution in [0.15, 0.2) is 54.6 Å². The molecule has 2 aromatic rings. The number of hydrogen-bond acceptors (Lipinski definition) is 7. The molecule has 7 heteroatoms. The summed E-state index contributed by atoms with van der Waals surface area (Å²) in [6.07, 6.45) is 3.34. The molecular weight excluding hydrogens is 504 g/mol. The molecule has 1 saturated carbocycles. The number of rotatable bonds is 6. The summed E-state index contributed by atoms with van der Waals surface area (Å²) in [5, 5.41) is 0. The van der Waals surface area contributed by atoms with Crippen LogP contribution in [0.25, 0.3) is 0 Å². The summed E-state index contributed by atoms with van der Waals surface area (Å²) in [4.78, 5) is 17.3. The van der Waals surface area contributed by atoms with E-state index in [2.05, 4.69) is 78.2 Å². The predicted octanol–water partition coefficient (Wildman–Crippen LogP) is 5.73. The highest BCUT2D eigenvalue weighted by atomic mass is 17.3. The van der Waals surface area contributed by atoms with Crippen LogP contribution in [0.2, 0.25) is 0 Å². The van der Waals surface area contributed by atoms with Crippen LogP contribution in [0.4, 0.5) is 5.69 Å². The van der Waals surface area contributed by atoms with Gasteiger partial charge in [-0.05, 0) is 61.3 Å². The average molecular weight is 549 g/mol. The number of anilines is 1. The Morgan fingerprint density at radius 2 is 1.68 bits per heavy atom. The van der Waals surface area contributed by atoms with Crippen molar-refractivity contribution in [3.8, 4) is 0 Å². The second kappa shape index (κ2) is 10.7. The zero-order valence-electron chi connectivity index (χ0n) is 24.2. The van der Waals surface area contributed by atoms with Gasteiger partial charge in [0.25, 0.3) is 0 Å². The number of nitrogens with zero attached hydrogens (tertiary/aromatic N) is 2. The fourth-order valence-electron chi connectivity index (χ4n) is 8.12. The molecule has 1 spiro atoms. The maximum absolute atomic E-state index is 6.61. The molecule has 1 aliphatic carbocycles. The van der Waals surface area contributed by atoms with Gasteiger partial charge in [-0.3, -0.25) is 4.90 Å². The van der Waals surface area contributed by atoms with Crippen molar-refractivity contribution in [1.82, 2.24) is 4.90 Å². The lowest BCUT2D eigenvalue weighted by atomic mass is 9.58. The molecular formula is C33H44N2O5. The zero-order chi connectivity index (χ0) is 27.3. The Kier molecular flexibility index (Phi) is 7.18. The largest absolute Gasteiger partial charge is 0.369 e. The smallest absolute Gasteiger partial charge is 0.201 e.